The van der Waals surface area contributed by atoms with Crippen LogP contribution in [0.2, 0.25) is 0 Å². The summed E-state index contributed by atoms with van der Waals surface area (Å²) < 4.78 is 0. The van der Waals surface area contributed by atoms with Crippen molar-refractivity contribution in [1.29, 1.82) is 0 Å². The molecule has 2 nitrogen and oxygen atoms in total. The highest BCUT2D eigenvalue weighted by molar-refractivity contribution is 5.02. The molecule has 0 saturated heterocycles. The number of nitrogens with zero attached hydrogens (tertiary/aromatic N) is 1. The van der Waals surface area contributed by atoms with E-state index in [1.165, 1.54) is 6.42 Å². The van der Waals surface area contributed by atoms with Gasteiger partial charge in [0.05, 0.1) is 5.82 Å². The van der Waals surface area contributed by atoms with Gasteiger partial charge in [-0.2, -0.15) is 0 Å². The zero-order valence-electron chi connectivity index (χ0n) is 5.93. The molecule has 0 aromatic rings. The van der Waals surface area contributed by atoms with Gasteiger partial charge in [0.15, 0.2) is 0 Å². The van der Waals surface area contributed by atoms with Crippen LogP contribution >= 0.6 is 0 Å². The molecule has 0 aliphatic carbocycles. The van der Waals surface area contributed by atoms with Crippen LogP contribution in [-0.2, 0) is 0 Å². The van der Waals surface area contributed by atoms with Gasteiger partial charge in [-0.15, -0.1) is 0 Å². The number of hydrogen-bond acceptors (Lipinski definition) is 2. The van der Waals surface area contributed by atoms with Crippen molar-refractivity contribution < 1.29 is 0 Å². The Labute approximate surface area is 56.3 Å². The fourth-order valence-corrected chi connectivity index (χ4v) is 1.14. The second kappa shape index (κ2) is 2.76. The molecule has 0 aromatic carbocycles. The summed E-state index contributed by atoms with van der Waals surface area (Å²) in [6, 6.07) is 0. The van der Waals surface area contributed by atoms with Crippen molar-refractivity contribution in [3.05, 3.63) is 11.9 Å². The lowest BCUT2D eigenvalue weighted by atomic mass is 10.4. The Morgan fingerprint density at radius 2 is 2.56 bits per heavy atom. The third kappa shape index (κ3) is 1.37. The Kier molecular flexibility index (Phi) is 1.98. The molecule has 0 fully saturated rings. The maximum absolute atomic E-state index is 5.65. The second-order valence-electron chi connectivity index (χ2n) is 2.40. The lowest BCUT2D eigenvalue weighted by Crippen LogP contribution is -2.24. The van der Waals surface area contributed by atoms with Crippen LogP contribution < -0.4 is 5.73 Å². The molecule has 2 N–H and O–H groups in total. The fourth-order valence-electron chi connectivity index (χ4n) is 1.14. The van der Waals surface area contributed by atoms with E-state index in [9.17, 15) is 0 Å². The van der Waals surface area contributed by atoms with Crippen LogP contribution in [-0.4, -0.2) is 18.0 Å². The van der Waals surface area contributed by atoms with Crippen LogP contribution in [0.1, 0.15) is 19.8 Å². The molecule has 9 heavy (non-hydrogen) atoms. The lowest BCUT2D eigenvalue weighted by molar-refractivity contribution is 0.372. The smallest absolute Gasteiger partial charge is 0.0945 e. The van der Waals surface area contributed by atoms with Crippen molar-refractivity contribution in [2.75, 3.05) is 13.1 Å². The third-order valence-electron chi connectivity index (χ3n) is 1.61. The molecule has 0 spiro atoms. The maximum atomic E-state index is 5.65. The van der Waals surface area contributed by atoms with Crippen LogP contribution in [0, 0.1) is 0 Å². The molecule has 1 heterocycles. The predicted molar refractivity (Wildman–Crippen MR) is 38.8 cm³/mol. The van der Waals surface area contributed by atoms with Gasteiger partial charge in [0.2, 0.25) is 0 Å². The van der Waals surface area contributed by atoms with Crippen molar-refractivity contribution in [2.45, 2.75) is 19.8 Å². The first-order valence-electron chi connectivity index (χ1n) is 3.55. The lowest BCUT2D eigenvalue weighted by Gasteiger charge is -2.17. The van der Waals surface area contributed by atoms with Gasteiger partial charge in [-0.1, -0.05) is 6.92 Å². The van der Waals surface area contributed by atoms with Gasteiger partial charge >= 0.3 is 0 Å². The molecule has 0 bridgehead atoms. The first-order valence-corrected chi connectivity index (χ1v) is 3.55. The summed E-state index contributed by atoms with van der Waals surface area (Å²) in [5, 5.41) is 0. The average Bonchev–Trinajstić information content (AvgIpc) is 2.18. The standard InChI is InChI=1S/C7H14N2/c1-2-5-9-6-3-4-7(9)8/h4H,2-3,5-6,8H2,1H3. The molecule has 0 amide bonds. The molecule has 0 unspecified atom stereocenters. The molecule has 1 aliphatic rings. The minimum Gasteiger partial charge on any atom is -0.386 e. The molecule has 0 saturated carbocycles. The van der Waals surface area contributed by atoms with Crippen LogP contribution in [0.25, 0.3) is 0 Å². The third-order valence-corrected chi connectivity index (χ3v) is 1.61. The minimum atomic E-state index is 0.969. The normalized spacial score (nSPS) is 18.3. The van der Waals surface area contributed by atoms with Crippen molar-refractivity contribution in [1.82, 2.24) is 4.90 Å². The Balaban J connectivity index is 2.34. The van der Waals surface area contributed by atoms with Crippen molar-refractivity contribution in [2.24, 2.45) is 5.73 Å². The number of nitrogens with two attached hydrogens (primary N) is 1. The summed E-state index contributed by atoms with van der Waals surface area (Å²) >= 11 is 0. The van der Waals surface area contributed by atoms with E-state index >= 15 is 0 Å². The van der Waals surface area contributed by atoms with Crippen LogP contribution in [0.15, 0.2) is 11.9 Å². The monoisotopic (exact) mass is 126 g/mol. The zero-order valence-corrected chi connectivity index (χ0v) is 5.93. The van der Waals surface area contributed by atoms with Gasteiger partial charge in [-0.3, -0.25) is 0 Å². The molecule has 0 aromatic heterocycles. The molecule has 0 atom stereocenters. The molecule has 1 rings (SSSR count). The van der Waals surface area contributed by atoms with Crippen molar-refractivity contribution in [3.8, 4) is 0 Å². The van der Waals surface area contributed by atoms with Crippen LogP contribution in [0.5, 0.6) is 0 Å². The topological polar surface area (TPSA) is 29.3 Å². The van der Waals surface area contributed by atoms with E-state index in [-0.39, 0.29) is 0 Å². The van der Waals surface area contributed by atoms with E-state index < -0.39 is 0 Å². The Morgan fingerprint density at radius 3 is 3.00 bits per heavy atom. The van der Waals surface area contributed by atoms with Gasteiger partial charge in [0.1, 0.15) is 0 Å². The quantitative estimate of drug-likeness (QED) is 0.595. The van der Waals surface area contributed by atoms with Gasteiger partial charge in [0.25, 0.3) is 0 Å². The highest BCUT2D eigenvalue weighted by atomic mass is 15.2. The average molecular weight is 126 g/mol. The molecule has 2 heteroatoms. The maximum Gasteiger partial charge on any atom is 0.0945 e. The largest absolute Gasteiger partial charge is 0.386 e. The summed E-state index contributed by atoms with van der Waals surface area (Å²) in [6.07, 6.45) is 4.41. The minimum absolute atomic E-state index is 0.969. The van der Waals surface area contributed by atoms with Gasteiger partial charge in [0, 0.05) is 13.1 Å². The SMILES string of the molecule is CCCN1CCC=C1N. The summed E-state index contributed by atoms with van der Waals surface area (Å²) in [5.74, 6) is 0.969. The van der Waals surface area contributed by atoms with E-state index in [4.69, 9.17) is 5.73 Å². The second-order valence-corrected chi connectivity index (χ2v) is 2.40. The van der Waals surface area contributed by atoms with Gasteiger partial charge in [-0.25, -0.2) is 0 Å². The highest BCUT2D eigenvalue weighted by Gasteiger charge is 2.08. The summed E-state index contributed by atoms with van der Waals surface area (Å²) in [5.41, 5.74) is 5.65. The summed E-state index contributed by atoms with van der Waals surface area (Å²) in [6.45, 7) is 4.41. The van der Waals surface area contributed by atoms with E-state index in [1.54, 1.807) is 0 Å². The first kappa shape index (κ1) is 6.46. The van der Waals surface area contributed by atoms with Crippen molar-refractivity contribution in [3.63, 3.8) is 0 Å². The van der Waals surface area contributed by atoms with E-state index in [0.717, 1.165) is 25.3 Å². The fraction of sp³-hybridized carbons (Fsp3) is 0.714. The van der Waals surface area contributed by atoms with E-state index in [1.807, 2.05) is 0 Å². The molecule has 0 radical (unpaired) electrons. The van der Waals surface area contributed by atoms with Gasteiger partial charge < -0.3 is 10.6 Å². The highest BCUT2D eigenvalue weighted by Crippen LogP contribution is 2.08. The number of rotatable bonds is 2. The Bertz CT molecular complexity index is 118. The van der Waals surface area contributed by atoms with E-state index in [2.05, 4.69) is 17.9 Å². The van der Waals surface area contributed by atoms with Crippen LogP contribution in [0.3, 0.4) is 0 Å². The Morgan fingerprint density at radius 1 is 1.78 bits per heavy atom. The van der Waals surface area contributed by atoms with Gasteiger partial charge in [-0.05, 0) is 18.9 Å². The zero-order chi connectivity index (χ0) is 6.69. The molecular weight excluding hydrogens is 112 g/mol. The number of hydrogen-bond donors (Lipinski definition) is 1. The summed E-state index contributed by atoms with van der Waals surface area (Å²) in [4.78, 5) is 2.22. The molecule has 1 aliphatic heterocycles. The van der Waals surface area contributed by atoms with Crippen LogP contribution in [0.4, 0.5) is 0 Å². The Hall–Kier alpha value is -0.660. The predicted octanol–water partition coefficient (Wildman–Crippen LogP) is 0.902. The van der Waals surface area contributed by atoms with E-state index in [0.29, 0.717) is 0 Å². The molecular formula is C7H14N2. The first-order chi connectivity index (χ1) is 4.34. The van der Waals surface area contributed by atoms with Crippen molar-refractivity contribution >= 4 is 0 Å². The summed E-state index contributed by atoms with van der Waals surface area (Å²) in [7, 11) is 0. The molecule has 52 valence electrons.